The van der Waals surface area contributed by atoms with Crippen LogP contribution in [0.1, 0.15) is 15.4 Å². The fourth-order valence-electron chi connectivity index (χ4n) is 1.11. The summed E-state index contributed by atoms with van der Waals surface area (Å²) in [6.45, 7) is 1.85. The van der Waals surface area contributed by atoms with Gasteiger partial charge in [0.1, 0.15) is 0 Å². The highest BCUT2D eigenvalue weighted by Crippen LogP contribution is 2.25. The summed E-state index contributed by atoms with van der Waals surface area (Å²) < 4.78 is 0.923. The summed E-state index contributed by atoms with van der Waals surface area (Å²) in [6, 6.07) is 1.72. The van der Waals surface area contributed by atoms with E-state index in [0.29, 0.717) is 4.88 Å². The lowest BCUT2D eigenvalue weighted by Crippen LogP contribution is -1.85. The van der Waals surface area contributed by atoms with Gasteiger partial charge in [0.2, 0.25) is 5.28 Å². The quantitative estimate of drug-likeness (QED) is 0.539. The van der Waals surface area contributed by atoms with Crippen LogP contribution in [0.4, 0.5) is 0 Å². The number of carbonyl (C=O) groups is 1. The van der Waals surface area contributed by atoms with E-state index in [1.165, 1.54) is 11.3 Å². The molecule has 0 aliphatic rings. The molecule has 0 fully saturated rings. The van der Waals surface area contributed by atoms with Crippen LogP contribution in [-0.4, -0.2) is 16.3 Å². The molecule has 2 heterocycles. The fraction of sp³-hybridized carbons (Fsp3) is 0.125. The third kappa shape index (κ3) is 1.43. The predicted molar refractivity (Wildman–Crippen MR) is 52.5 cm³/mol. The van der Waals surface area contributed by atoms with Crippen LogP contribution in [0.15, 0.2) is 6.07 Å². The molecule has 0 N–H and O–H groups in total. The van der Waals surface area contributed by atoms with Crippen molar-refractivity contribution in [3.8, 4) is 0 Å². The Balaban J connectivity index is 2.82. The van der Waals surface area contributed by atoms with Crippen LogP contribution < -0.4 is 0 Å². The molecule has 66 valence electrons. The van der Waals surface area contributed by atoms with Crippen molar-refractivity contribution in [1.82, 2.24) is 9.97 Å². The molecule has 2 aromatic rings. The van der Waals surface area contributed by atoms with Gasteiger partial charge in [0.05, 0.1) is 20.8 Å². The number of carbonyl (C=O) groups excluding carboxylic acids is 1. The second-order valence-corrected chi connectivity index (χ2v) is 3.98. The first-order valence-corrected chi connectivity index (χ1v) is 4.79. The van der Waals surface area contributed by atoms with Gasteiger partial charge in [-0.15, -0.1) is 11.3 Å². The van der Waals surface area contributed by atoms with E-state index in [0.717, 1.165) is 22.2 Å². The van der Waals surface area contributed by atoms with Crippen molar-refractivity contribution >= 4 is 39.4 Å². The summed E-state index contributed by atoms with van der Waals surface area (Å²) in [4.78, 5) is 19.2. The maximum atomic E-state index is 10.5. The summed E-state index contributed by atoms with van der Waals surface area (Å²) in [5.74, 6) is 0. The zero-order chi connectivity index (χ0) is 9.42. The topological polar surface area (TPSA) is 42.9 Å². The van der Waals surface area contributed by atoms with Crippen molar-refractivity contribution in [2.75, 3.05) is 0 Å². The minimum absolute atomic E-state index is 0.222. The number of rotatable bonds is 1. The van der Waals surface area contributed by atoms with Gasteiger partial charge >= 0.3 is 0 Å². The van der Waals surface area contributed by atoms with Crippen LogP contribution >= 0.6 is 22.9 Å². The van der Waals surface area contributed by atoms with Crippen molar-refractivity contribution in [3.63, 3.8) is 0 Å². The van der Waals surface area contributed by atoms with Gasteiger partial charge in [-0.25, -0.2) is 9.97 Å². The molecule has 2 aromatic heterocycles. The minimum Gasteiger partial charge on any atom is -0.297 e. The number of halogens is 1. The number of thiophene rings is 1. The molecule has 5 heteroatoms. The van der Waals surface area contributed by atoms with Crippen LogP contribution in [0.2, 0.25) is 5.28 Å². The van der Waals surface area contributed by atoms with Gasteiger partial charge in [0, 0.05) is 0 Å². The van der Waals surface area contributed by atoms with E-state index in [1.54, 1.807) is 6.07 Å². The van der Waals surface area contributed by atoms with Crippen molar-refractivity contribution < 1.29 is 4.79 Å². The van der Waals surface area contributed by atoms with E-state index in [-0.39, 0.29) is 5.28 Å². The standard InChI is InChI=1S/C8H5ClN2OS/c1-4-7-6(11-8(9)10-4)2-5(3-12)13-7/h2-3H,1H3. The first-order chi connectivity index (χ1) is 6.20. The second-order valence-electron chi connectivity index (χ2n) is 2.56. The average molecular weight is 213 g/mol. The molecular weight excluding hydrogens is 208 g/mol. The highest BCUT2D eigenvalue weighted by Gasteiger charge is 2.07. The number of nitrogens with zero attached hydrogens (tertiary/aromatic N) is 2. The predicted octanol–water partition coefficient (Wildman–Crippen LogP) is 2.47. The minimum atomic E-state index is 0.222. The van der Waals surface area contributed by atoms with Gasteiger partial charge in [-0.05, 0) is 24.6 Å². The molecular formula is C8H5ClN2OS. The van der Waals surface area contributed by atoms with Gasteiger partial charge in [-0.3, -0.25) is 4.79 Å². The lowest BCUT2D eigenvalue weighted by atomic mass is 10.3. The summed E-state index contributed by atoms with van der Waals surface area (Å²) in [7, 11) is 0. The Morgan fingerprint density at radius 3 is 3.00 bits per heavy atom. The Labute approximate surface area is 83.4 Å². The molecule has 13 heavy (non-hydrogen) atoms. The first-order valence-electron chi connectivity index (χ1n) is 3.59. The molecule has 0 radical (unpaired) electrons. The van der Waals surface area contributed by atoms with Gasteiger partial charge in [-0.2, -0.15) is 0 Å². The zero-order valence-corrected chi connectivity index (χ0v) is 8.32. The van der Waals surface area contributed by atoms with Gasteiger partial charge < -0.3 is 0 Å². The summed E-state index contributed by atoms with van der Waals surface area (Å²) in [5.41, 5.74) is 1.55. The number of aldehydes is 1. The van der Waals surface area contributed by atoms with Crippen LogP contribution in [0.25, 0.3) is 10.2 Å². The molecule has 0 aliphatic heterocycles. The Bertz CT molecular complexity index is 480. The SMILES string of the molecule is Cc1nc(Cl)nc2cc(C=O)sc12. The normalized spacial score (nSPS) is 10.6. The van der Waals surface area contributed by atoms with E-state index >= 15 is 0 Å². The van der Waals surface area contributed by atoms with Crippen molar-refractivity contribution in [1.29, 1.82) is 0 Å². The molecule has 3 nitrogen and oxygen atoms in total. The molecule has 0 unspecified atom stereocenters. The van der Waals surface area contributed by atoms with E-state index in [9.17, 15) is 4.79 Å². The Morgan fingerprint density at radius 2 is 2.31 bits per heavy atom. The van der Waals surface area contributed by atoms with Gasteiger partial charge in [-0.1, -0.05) is 0 Å². The molecule has 0 saturated heterocycles. The highest BCUT2D eigenvalue weighted by atomic mass is 35.5. The van der Waals surface area contributed by atoms with E-state index < -0.39 is 0 Å². The molecule has 0 saturated carbocycles. The van der Waals surface area contributed by atoms with E-state index in [4.69, 9.17) is 11.6 Å². The van der Waals surface area contributed by atoms with Crippen LogP contribution in [0.3, 0.4) is 0 Å². The Hall–Kier alpha value is -1.00. The molecule has 0 aromatic carbocycles. The maximum absolute atomic E-state index is 10.5. The first kappa shape index (κ1) is 8.59. The molecule has 2 rings (SSSR count). The lowest BCUT2D eigenvalue weighted by molar-refractivity contribution is 0.112. The maximum Gasteiger partial charge on any atom is 0.223 e. The third-order valence-corrected chi connectivity index (χ3v) is 2.98. The van der Waals surface area contributed by atoms with Crippen LogP contribution in [0.5, 0.6) is 0 Å². The highest BCUT2D eigenvalue weighted by molar-refractivity contribution is 7.20. The molecule has 0 bridgehead atoms. The number of hydrogen-bond acceptors (Lipinski definition) is 4. The largest absolute Gasteiger partial charge is 0.297 e. The van der Waals surface area contributed by atoms with Gasteiger partial charge in [0.15, 0.2) is 6.29 Å². The number of hydrogen-bond donors (Lipinski definition) is 0. The molecule has 0 amide bonds. The monoisotopic (exact) mass is 212 g/mol. The van der Waals surface area contributed by atoms with Crippen molar-refractivity contribution in [2.45, 2.75) is 6.92 Å². The van der Waals surface area contributed by atoms with Crippen LogP contribution in [-0.2, 0) is 0 Å². The van der Waals surface area contributed by atoms with Crippen LogP contribution in [0, 0.1) is 6.92 Å². The van der Waals surface area contributed by atoms with E-state index in [2.05, 4.69) is 9.97 Å². The Kier molecular flexibility index (Phi) is 2.01. The van der Waals surface area contributed by atoms with Crippen molar-refractivity contribution in [2.24, 2.45) is 0 Å². The Morgan fingerprint density at radius 1 is 1.54 bits per heavy atom. The molecule has 0 spiro atoms. The molecule has 0 atom stereocenters. The summed E-state index contributed by atoms with van der Waals surface area (Å²) in [5, 5.41) is 0.222. The van der Waals surface area contributed by atoms with Crippen molar-refractivity contribution in [3.05, 3.63) is 21.9 Å². The number of fused-ring (bicyclic) bond motifs is 1. The zero-order valence-electron chi connectivity index (χ0n) is 6.74. The number of aryl methyl sites for hydroxylation is 1. The smallest absolute Gasteiger partial charge is 0.223 e. The van der Waals surface area contributed by atoms with Gasteiger partial charge in [0.25, 0.3) is 0 Å². The fourth-order valence-corrected chi connectivity index (χ4v) is 2.19. The second kappa shape index (κ2) is 3.05. The van der Waals surface area contributed by atoms with E-state index in [1.807, 2.05) is 6.92 Å². The summed E-state index contributed by atoms with van der Waals surface area (Å²) in [6.07, 6.45) is 0.805. The summed E-state index contributed by atoms with van der Waals surface area (Å²) >= 11 is 7.05. The lowest BCUT2D eigenvalue weighted by Gasteiger charge is -1.93. The average Bonchev–Trinajstić information content (AvgIpc) is 2.47. The molecule has 0 aliphatic carbocycles. The third-order valence-electron chi connectivity index (χ3n) is 1.65. The number of aromatic nitrogens is 2.